The molecule has 4 nitrogen and oxygen atoms in total. The standard InChI is InChI=1S/C14H13ClFN3O/c1-8-10(15)4-3-5-11(8)19-14(20)9-6-7-18-13(17-2)12(9)16/h3-7H,1-2H3,(H,17,18)(H,19,20). The molecule has 2 rings (SSSR count). The molecule has 0 fully saturated rings. The molecule has 1 amide bonds. The van der Waals surface area contributed by atoms with Crippen LogP contribution in [0.2, 0.25) is 5.02 Å². The number of pyridine rings is 1. The van der Waals surface area contributed by atoms with Crippen LogP contribution in [0, 0.1) is 12.7 Å². The number of anilines is 2. The first-order chi connectivity index (χ1) is 9.54. The third-order valence-corrected chi connectivity index (χ3v) is 3.30. The molecule has 104 valence electrons. The molecule has 0 aliphatic rings. The van der Waals surface area contributed by atoms with Crippen LogP contribution < -0.4 is 10.6 Å². The maximum absolute atomic E-state index is 14.0. The lowest BCUT2D eigenvalue weighted by atomic mass is 10.1. The van der Waals surface area contributed by atoms with E-state index in [2.05, 4.69) is 15.6 Å². The quantitative estimate of drug-likeness (QED) is 0.911. The van der Waals surface area contributed by atoms with Crippen molar-refractivity contribution < 1.29 is 9.18 Å². The summed E-state index contributed by atoms with van der Waals surface area (Å²) in [7, 11) is 1.54. The van der Waals surface area contributed by atoms with Crippen LogP contribution in [0.5, 0.6) is 0 Å². The Balaban J connectivity index is 2.31. The summed E-state index contributed by atoms with van der Waals surface area (Å²) in [4.78, 5) is 15.9. The van der Waals surface area contributed by atoms with Gasteiger partial charge in [-0.25, -0.2) is 9.37 Å². The SMILES string of the molecule is CNc1nccc(C(=O)Nc2cccc(Cl)c2C)c1F. The summed E-state index contributed by atoms with van der Waals surface area (Å²) in [5.41, 5.74) is 1.19. The summed E-state index contributed by atoms with van der Waals surface area (Å²) < 4.78 is 14.0. The van der Waals surface area contributed by atoms with Gasteiger partial charge >= 0.3 is 0 Å². The third kappa shape index (κ3) is 2.72. The van der Waals surface area contributed by atoms with Crippen molar-refractivity contribution in [1.82, 2.24) is 4.98 Å². The summed E-state index contributed by atoms with van der Waals surface area (Å²) in [6.45, 7) is 1.78. The minimum absolute atomic E-state index is 0.0282. The molecular weight excluding hydrogens is 281 g/mol. The molecule has 0 aliphatic carbocycles. The fraction of sp³-hybridized carbons (Fsp3) is 0.143. The van der Waals surface area contributed by atoms with E-state index in [1.54, 1.807) is 25.1 Å². The fourth-order valence-electron chi connectivity index (χ4n) is 1.73. The second-order valence-corrected chi connectivity index (χ2v) is 4.54. The zero-order valence-corrected chi connectivity index (χ0v) is 11.8. The highest BCUT2D eigenvalue weighted by molar-refractivity contribution is 6.31. The van der Waals surface area contributed by atoms with Gasteiger partial charge in [-0.1, -0.05) is 17.7 Å². The molecule has 1 aromatic heterocycles. The van der Waals surface area contributed by atoms with Crippen molar-refractivity contribution in [3.63, 3.8) is 0 Å². The Morgan fingerprint density at radius 2 is 2.10 bits per heavy atom. The van der Waals surface area contributed by atoms with Gasteiger partial charge in [-0.15, -0.1) is 0 Å². The molecule has 0 aliphatic heterocycles. The van der Waals surface area contributed by atoms with Crippen LogP contribution >= 0.6 is 11.6 Å². The normalized spacial score (nSPS) is 10.2. The van der Waals surface area contributed by atoms with Crippen molar-refractivity contribution >= 4 is 29.0 Å². The average Bonchev–Trinajstić information content (AvgIpc) is 2.44. The Kier molecular flexibility index (Phi) is 4.20. The minimum Gasteiger partial charge on any atom is -0.371 e. The summed E-state index contributed by atoms with van der Waals surface area (Å²) >= 11 is 5.98. The van der Waals surface area contributed by atoms with Crippen molar-refractivity contribution in [1.29, 1.82) is 0 Å². The highest BCUT2D eigenvalue weighted by Crippen LogP contribution is 2.24. The van der Waals surface area contributed by atoms with E-state index in [1.165, 1.54) is 19.3 Å². The molecule has 6 heteroatoms. The summed E-state index contributed by atoms with van der Waals surface area (Å²) in [5, 5.41) is 5.76. The van der Waals surface area contributed by atoms with Crippen LogP contribution in [-0.2, 0) is 0 Å². The fourth-order valence-corrected chi connectivity index (χ4v) is 1.90. The maximum atomic E-state index is 14.0. The van der Waals surface area contributed by atoms with E-state index in [0.717, 1.165) is 5.56 Å². The van der Waals surface area contributed by atoms with Crippen molar-refractivity contribution in [2.24, 2.45) is 0 Å². The molecule has 0 saturated heterocycles. The van der Waals surface area contributed by atoms with E-state index in [4.69, 9.17) is 11.6 Å². The number of carbonyl (C=O) groups excluding carboxylic acids is 1. The second-order valence-electron chi connectivity index (χ2n) is 4.14. The Morgan fingerprint density at radius 3 is 2.80 bits per heavy atom. The van der Waals surface area contributed by atoms with Crippen molar-refractivity contribution in [3.05, 3.63) is 52.4 Å². The Hall–Kier alpha value is -2.14. The molecule has 0 saturated carbocycles. The number of hydrogen-bond donors (Lipinski definition) is 2. The molecule has 20 heavy (non-hydrogen) atoms. The summed E-state index contributed by atoms with van der Waals surface area (Å²) in [6.07, 6.45) is 1.37. The van der Waals surface area contributed by atoms with Crippen LogP contribution in [0.3, 0.4) is 0 Å². The smallest absolute Gasteiger partial charge is 0.258 e. The average molecular weight is 294 g/mol. The van der Waals surface area contributed by atoms with Crippen molar-refractivity contribution in [3.8, 4) is 0 Å². The number of hydrogen-bond acceptors (Lipinski definition) is 3. The number of halogens is 2. The first kappa shape index (κ1) is 14.3. The molecule has 2 N–H and O–H groups in total. The van der Waals surface area contributed by atoms with E-state index in [9.17, 15) is 9.18 Å². The first-order valence-electron chi connectivity index (χ1n) is 5.93. The predicted octanol–water partition coefficient (Wildman–Crippen LogP) is 3.48. The largest absolute Gasteiger partial charge is 0.371 e. The van der Waals surface area contributed by atoms with E-state index in [1.807, 2.05) is 0 Å². The molecule has 1 aromatic carbocycles. The van der Waals surface area contributed by atoms with Gasteiger partial charge in [-0.05, 0) is 30.7 Å². The van der Waals surface area contributed by atoms with Gasteiger partial charge in [0, 0.05) is 24.0 Å². The number of carbonyl (C=O) groups is 1. The van der Waals surface area contributed by atoms with Gasteiger partial charge in [0.05, 0.1) is 5.56 Å². The number of nitrogens with one attached hydrogen (secondary N) is 2. The first-order valence-corrected chi connectivity index (χ1v) is 6.31. The number of benzene rings is 1. The van der Waals surface area contributed by atoms with Crippen LogP contribution in [0.15, 0.2) is 30.5 Å². The monoisotopic (exact) mass is 293 g/mol. The third-order valence-electron chi connectivity index (χ3n) is 2.89. The molecule has 0 spiro atoms. The molecular formula is C14H13ClFN3O. The zero-order valence-electron chi connectivity index (χ0n) is 11.0. The molecule has 2 aromatic rings. The van der Waals surface area contributed by atoms with Gasteiger partial charge in [0.2, 0.25) is 0 Å². The van der Waals surface area contributed by atoms with Crippen LogP contribution in [-0.4, -0.2) is 17.9 Å². The van der Waals surface area contributed by atoms with Gasteiger partial charge in [0.25, 0.3) is 5.91 Å². The van der Waals surface area contributed by atoms with Gasteiger partial charge in [0.1, 0.15) is 0 Å². The lowest BCUT2D eigenvalue weighted by Crippen LogP contribution is -2.16. The second kappa shape index (κ2) is 5.88. The summed E-state index contributed by atoms with van der Waals surface area (Å²) in [5.74, 6) is -1.21. The van der Waals surface area contributed by atoms with Crippen LogP contribution in [0.4, 0.5) is 15.9 Å². The van der Waals surface area contributed by atoms with E-state index < -0.39 is 11.7 Å². The van der Waals surface area contributed by atoms with Gasteiger partial charge in [-0.3, -0.25) is 4.79 Å². The van der Waals surface area contributed by atoms with Gasteiger partial charge in [0.15, 0.2) is 11.6 Å². The van der Waals surface area contributed by atoms with Crippen LogP contribution in [0.25, 0.3) is 0 Å². The molecule has 1 heterocycles. The number of rotatable bonds is 3. The van der Waals surface area contributed by atoms with Crippen molar-refractivity contribution in [2.75, 3.05) is 17.7 Å². The van der Waals surface area contributed by atoms with E-state index in [0.29, 0.717) is 10.7 Å². The van der Waals surface area contributed by atoms with Crippen LogP contribution in [0.1, 0.15) is 15.9 Å². The van der Waals surface area contributed by atoms with Crippen molar-refractivity contribution in [2.45, 2.75) is 6.92 Å². The number of aromatic nitrogens is 1. The predicted molar refractivity (Wildman–Crippen MR) is 77.9 cm³/mol. The molecule has 0 bridgehead atoms. The topological polar surface area (TPSA) is 54.0 Å². The zero-order chi connectivity index (χ0) is 14.7. The highest BCUT2D eigenvalue weighted by atomic mass is 35.5. The maximum Gasteiger partial charge on any atom is 0.258 e. The number of nitrogens with zero attached hydrogens (tertiary/aromatic N) is 1. The molecule has 0 atom stereocenters. The molecule has 0 unspecified atom stereocenters. The van der Waals surface area contributed by atoms with E-state index in [-0.39, 0.29) is 11.4 Å². The Morgan fingerprint density at radius 1 is 1.35 bits per heavy atom. The lowest BCUT2D eigenvalue weighted by Gasteiger charge is -2.11. The van der Waals surface area contributed by atoms with Gasteiger partial charge in [-0.2, -0.15) is 0 Å². The molecule has 0 radical (unpaired) electrons. The Labute approximate surface area is 121 Å². The van der Waals surface area contributed by atoms with Gasteiger partial charge < -0.3 is 10.6 Å². The summed E-state index contributed by atoms with van der Waals surface area (Å²) in [6, 6.07) is 6.47. The highest BCUT2D eigenvalue weighted by Gasteiger charge is 2.16. The van der Waals surface area contributed by atoms with E-state index >= 15 is 0 Å². The minimum atomic E-state index is -0.688. The Bertz CT molecular complexity index is 661. The number of amides is 1. The lowest BCUT2D eigenvalue weighted by molar-refractivity contribution is 0.102.